The predicted octanol–water partition coefficient (Wildman–Crippen LogP) is 12.3. The van der Waals surface area contributed by atoms with Crippen LogP contribution in [0.1, 0.15) is 167 Å². The predicted molar refractivity (Wildman–Crippen MR) is 367 cm³/mol. The van der Waals surface area contributed by atoms with E-state index in [1.807, 2.05) is 132 Å². The van der Waals surface area contributed by atoms with Crippen LogP contribution in [0.5, 0.6) is 0 Å². The lowest BCUT2D eigenvalue weighted by molar-refractivity contribution is 0.0928. The number of rotatable bonds is 22. The summed E-state index contributed by atoms with van der Waals surface area (Å²) in [7, 11) is 5.67. The van der Waals surface area contributed by atoms with E-state index >= 15 is 0 Å². The Morgan fingerprint density at radius 3 is 1.50 bits per heavy atom. The quantitative estimate of drug-likeness (QED) is 0.0305. The monoisotopic (exact) mass is 1280 g/mol. The number of carbonyl (C=O) groups is 3. The van der Waals surface area contributed by atoms with Crippen molar-refractivity contribution in [3.63, 3.8) is 0 Å². The zero-order chi connectivity index (χ0) is 65.3. The number of nitrogens with one attached hydrogen (secondary N) is 9. The van der Waals surface area contributed by atoms with Crippen LogP contribution < -0.4 is 31.9 Å². The van der Waals surface area contributed by atoms with Crippen molar-refractivity contribution >= 4 is 85.3 Å². The number of fused-ring (bicyclic) bond motifs is 3. The molecule has 0 radical (unpaired) electrons. The molecule has 12 aromatic rings. The molecule has 0 saturated heterocycles. The van der Waals surface area contributed by atoms with E-state index in [2.05, 4.69) is 77.4 Å². The van der Waals surface area contributed by atoms with Crippen molar-refractivity contribution in [2.45, 2.75) is 120 Å². The van der Waals surface area contributed by atoms with E-state index in [0.29, 0.717) is 70.4 Å². The van der Waals surface area contributed by atoms with Gasteiger partial charge in [-0.3, -0.25) is 29.7 Å². The number of H-pyrrole nitrogens is 3. The van der Waals surface area contributed by atoms with Crippen molar-refractivity contribution in [3.05, 3.63) is 160 Å². The number of hydrogen-bond donors (Lipinski definition) is 9. The molecule has 3 amide bonds. The molecule has 0 aliphatic heterocycles. The summed E-state index contributed by atoms with van der Waals surface area (Å²) in [6.07, 6.45) is 14.8. The molecule has 9 N–H and O–H groups in total. The summed E-state index contributed by atoms with van der Waals surface area (Å²) >= 11 is 0. The van der Waals surface area contributed by atoms with Crippen LogP contribution in [0.2, 0.25) is 0 Å². The van der Waals surface area contributed by atoms with Gasteiger partial charge in [-0.25, -0.2) is 14.0 Å². The second-order valence-corrected chi connectivity index (χ2v) is 27.4. The number of benzene rings is 6. The highest BCUT2D eigenvalue weighted by Gasteiger charge is 2.48. The third-order valence-corrected chi connectivity index (χ3v) is 20.3. The van der Waals surface area contributed by atoms with Gasteiger partial charge in [0, 0.05) is 106 Å². The molecule has 6 aromatic heterocycles. The average Bonchev–Trinajstić information content (AvgIpc) is 1.55. The average molecular weight is 1280 g/mol. The van der Waals surface area contributed by atoms with Crippen molar-refractivity contribution < 1.29 is 14.4 Å². The minimum absolute atomic E-state index is 0.0457. The van der Waals surface area contributed by atoms with E-state index in [9.17, 15) is 14.4 Å². The number of aromatic nitrogens is 15. The van der Waals surface area contributed by atoms with E-state index in [4.69, 9.17) is 40.4 Å². The van der Waals surface area contributed by atoms with Gasteiger partial charge in [-0.05, 0) is 196 Å². The molecule has 96 heavy (non-hydrogen) atoms. The Morgan fingerprint density at radius 1 is 0.542 bits per heavy atom. The summed E-state index contributed by atoms with van der Waals surface area (Å²) in [4.78, 5) is 54.3. The van der Waals surface area contributed by atoms with E-state index < -0.39 is 0 Å². The van der Waals surface area contributed by atoms with Gasteiger partial charge in [0.15, 0.2) is 17.5 Å². The SMILES string of the molecule is CCC(C)NC(=O)c1ccc(-c2nc(Nc3cc(C4CC4c4c(Nc5nc(-c6ccc(C(=O)NCC7CC7)cc6)nn5C)ccc5[nH]ncc45)c4[nH]ncc4c3C3CC3c3cc(Nc4nc(-c5ccc(C(=O)NC6(C)CC6)cc5)nn4C)c(C4CC4)c4cn[nH]c34)n(C)n2)cc1. The van der Waals surface area contributed by atoms with Crippen LogP contribution >= 0.6 is 0 Å². The van der Waals surface area contributed by atoms with Gasteiger partial charge in [-0.2, -0.15) is 30.2 Å². The molecule has 6 aromatic carbocycles. The number of anilines is 6. The highest BCUT2D eigenvalue weighted by Crippen LogP contribution is 2.64. The highest BCUT2D eigenvalue weighted by atomic mass is 16.2. The fourth-order valence-corrected chi connectivity index (χ4v) is 13.8. The molecule has 484 valence electrons. The van der Waals surface area contributed by atoms with Gasteiger partial charge >= 0.3 is 0 Å². The number of hydrogen-bond acceptors (Lipinski definition) is 15. The summed E-state index contributed by atoms with van der Waals surface area (Å²) in [5.74, 6) is 4.27. The van der Waals surface area contributed by atoms with Gasteiger partial charge in [-0.1, -0.05) is 43.3 Å². The van der Waals surface area contributed by atoms with Gasteiger partial charge in [0.05, 0.1) is 35.1 Å². The zero-order valence-corrected chi connectivity index (χ0v) is 54.2. The third kappa shape index (κ3) is 11.0. The first kappa shape index (κ1) is 58.8. The second kappa shape index (κ2) is 22.9. The molecule has 24 nitrogen and oxygen atoms in total. The van der Waals surface area contributed by atoms with Gasteiger partial charge in [0.25, 0.3) is 17.7 Å². The van der Waals surface area contributed by atoms with Gasteiger partial charge in [0.1, 0.15) is 0 Å². The first-order valence-electron chi connectivity index (χ1n) is 33.4. The number of aryl methyl sites for hydroxylation is 3. The molecule has 0 bridgehead atoms. The largest absolute Gasteiger partial charge is 0.352 e. The van der Waals surface area contributed by atoms with Crippen molar-refractivity contribution in [3.8, 4) is 34.2 Å². The molecule has 5 fully saturated rings. The summed E-state index contributed by atoms with van der Waals surface area (Å²) in [5, 5.41) is 62.6. The maximum Gasteiger partial charge on any atom is 0.251 e. The van der Waals surface area contributed by atoms with Gasteiger partial charge in [0.2, 0.25) is 17.8 Å². The Balaban J connectivity index is 0.706. The fraction of sp³-hybridized carbons (Fsp3) is 0.333. The smallest absolute Gasteiger partial charge is 0.251 e. The normalized spacial score (nSPS) is 18.8. The molecule has 5 atom stereocenters. The van der Waals surface area contributed by atoms with E-state index in [-0.39, 0.29) is 53.0 Å². The first-order valence-corrected chi connectivity index (χ1v) is 33.4. The summed E-state index contributed by atoms with van der Waals surface area (Å²) in [6.45, 7) is 6.83. The molecule has 0 spiro atoms. The van der Waals surface area contributed by atoms with Gasteiger partial charge in [-0.15, -0.1) is 15.3 Å². The molecule has 5 aliphatic carbocycles. The van der Waals surface area contributed by atoms with Crippen molar-refractivity contribution in [2.24, 2.45) is 27.1 Å². The molecule has 17 rings (SSSR count). The molecular weight excluding hydrogens is 1210 g/mol. The standard InChI is InChI=1S/C72H73N21O3/c1-7-36(2)77-67(95)43-20-14-40(15-21-43)64-83-71(93(6)90-64)80-57-31-50(45-28-47(45)59-51-33-74-85-54(51)24-25-55(59)78-69-81-63(88-91(69)4)39-12-18-42(19-13-39)66(94)73-32-37-8-9-37)62-53(35-76-87-62)60(57)48-29-46(48)49-30-56(58(38-10-11-38)52-34-75-86-61(49)52)79-70-82-65(89-92(70)5)41-16-22-44(23-17-41)68(96)84-72(3)26-27-72/h12-25,30-31,33-38,45-48H,7-11,26-29,32H2,1-6H3,(H,73,94)(H,74,85)(H,75,86)(H,76,87)(H,77,95)(H,84,96)(H,78,81,88)(H,79,82,89)(H,80,83,90). The van der Waals surface area contributed by atoms with Crippen LogP contribution in [0.15, 0.2) is 116 Å². The van der Waals surface area contributed by atoms with Crippen molar-refractivity contribution in [1.29, 1.82) is 0 Å². The van der Waals surface area contributed by atoms with Crippen LogP contribution in [0.25, 0.3) is 66.9 Å². The fourth-order valence-electron chi connectivity index (χ4n) is 13.8. The van der Waals surface area contributed by atoms with Crippen LogP contribution in [0.4, 0.5) is 34.9 Å². The maximum atomic E-state index is 13.1. The number of nitrogens with zero attached hydrogens (tertiary/aromatic N) is 12. The lowest BCUT2D eigenvalue weighted by Crippen LogP contribution is -2.34. The molecule has 5 unspecified atom stereocenters. The lowest BCUT2D eigenvalue weighted by Gasteiger charge is -2.18. The molecule has 5 saturated carbocycles. The lowest BCUT2D eigenvalue weighted by atomic mass is 9.92. The summed E-state index contributed by atoms with van der Waals surface area (Å²) < 4.78 is 5.30. The maximum absolute atomic E-state index is 13.1. The van der Waals surface area contributed by atoms with Crippen molar-refractivity contribution in [2.75, 3.05) is 22.5 Å². The molecule has 5 aliphatic rings. The van der Waals surface area contributed by atoms with Crippen LogP contribution in [-0.4, -0.2) is 111 Å². The minimum atomic E-state index is -0.121. The molecular formula is C72H73N21O3. The zero-order valence-electron chi connectivity index (χ0n) is 54.2. The highest BCUT2D eigenvalue weighted by molar-refractivity contribution is 5.98. The Bertz CT molecular complexity index is 5060. The van der Waals surface area contributed by atoms with Crippen molar-refractivity contribution in [1.82, 2.24) is 90.8 Å². The van der Waals surface area contributed by atoms with E-state index in [1.54, 1.807) is 14.0 Å². The number of amides is 3. The van der Waals surface area contributed by atoms with E-state index in [1.165, 1.54) is 18.4 Å². The van der Waals surface area contributed by atoms with Crippen LogP contribution in [0.3, 0.4) is 0 Å². The van der Waals surface area contributed by atoms with E-state index in [0.717, 1.165) is 134 Å². The summed E-state index contributed by atoms with van der Waals surface area (Å²) in [6, 6.07) is 31.2. The van der Waals surface area contributed by atoms with Crippen LogP contribution in [-0.2, 0) is 21.1 Å². The second-order valence-electron chi connectivity index (χ2n) is 27.4. The number of aromatic amines is 3. The third-order valence-electron chi connectivity index (χ3n) is 20.3. The number of carbonyl (C=O) groups excluding carboxylic acids is 3. The Kier molecular flexibility index (Phi) is 14.0. The van der Waals surface area contributed by atoms with Gasteiger partial charge < -0.3 is 31.9 Å². The first-order chi connectivity index (χ1) is 46.7. The molecule has 6 heterocycles. The Hall–Kier alpha value is -11.0. The Morgan fingerprint density at radius 2 is 1.00 bits per heavy atom. The molecule has 24 heteroatoms. The minimum Gasteiger partial charge on any atom is -0.352 e. The summed E-state index contributed by atoms with van der Waals surface area (Å²) in [5.41, 5.74) is 15.5. The Labute approximate surface area is 551 Å². The topological polar surface area (TPSA) is 302 Å². The van der Waals surface area contributed by atoms with Crippen LogP contribution in [0, 0.1) is 5.92 Å².